The maximum atomic E-state index is 12.7. The zero-order valence-electron chi connectivity index (χ0n) is 11.4. The number of hydrogen-bond acceptors (Lipinski definition) is 5. The SMILES string of the molecule is CCOC(=O)Cc1c(CN)cc(C(F)F)nc1OC(F)(F)F. The van der Waals surface area contributed by atoms with Gasteiger partial charge in [-0.15, -0.1) is 13.2 Å². The monoisotopic (exact) mass is 328 g/mol. The molecule has 0 aliphatic carbocycles. The van der Waals surface area contributed by atoms with E-state index < -0.39 is 36.8 Å². The Hall–Kier alpha value is -1.97. The number of aromatic nitrogens is 1. The number of nitrogens with zero attached hydrogens (tertiary/aromatic N) is 1. The van der Waals surface area contributed by atoms with Gasteiger partial charge in [-0.25, -0.2) is 13.8 Å². The number of ether oxygens (including phenoxy) is 2. The van der Waals surface area contributed by atoms with E-state index in [1.165, 1.54) is 6.92 Å². The molecule has 5 nitrogen and oxygen atoms in total. The number of esters is 1. The first-order chi connectivity index (χ1) is 10.2. The maximum absolute atomic E-state index is 12.7. The van der Waals surface area contributed by atoms with Gasteiger partial charge in [0.2, 0.25) is 5.88 Å². The van der Waals surface area contributed by atoms with Gasteiger partial charge in [-0.1, -0.05) is 0 Å². The van der Waals surface area contributed by atoms with Crippen molar-refractivity contribution in [2.24, 2.45) is 5.73 Å². The number of hydrogen-bond donors (Lipinski definition) is 1. The molecule has 124 valence electrons. The minimum atomic E-state index is -5.15. The summed E-state index contributed by atoms with van der Waals surface area (Å²) in [5, 5.41) is 0. The first-order valence-electron chi connectivity index (χ1n) is 6.10. The molecule has 0 radical (unpaired) electrons. The minimum Gasteiger partial charge on any atom is -0.466 e. The smallest absolute Gasteiger partial charge is 0.466 e. The van der Waals surface area contributed by atoms with Gasteiger partial charge in [-0.2, -0.15) is 0 Å². The van der Waals surface area contributed by atoms with E-state index >= 15 is 0 Å². The Morgan fingerprint density at radius 3 is 2.50 bits per heavy atom. The molecule has 1 aromatic heterocycles. The highest BCUT2D eigenvalue weighted by Crippen LogP contribution is 2.31. The summed E-state index contributed by atoms with van der Waals surface area (Å²) in [6, 6.07) is 0.836. The fraction of sp³-hybridized carbons (Fsp3) is 0.500. The molecule has 1 rings (SSSR count). The van der Waals surface area contributed by atoms with Gasteiger partial charge >= 0.3 is 12.3 Å². The summed E-state index contributed by atoms with van der Waals surface area (Å²) < 4.78 is 70.7. The van der Waals surface area contributed by atoms with Crippen molar-refractivity contribution >= 4 is 5.97 Å². The van der Waals surface area contributed by atoms with E-state index in [1.54, 1.807) is 0 Å². The van der Waals surface area contributed by atoms with Gasteiger partial charge in [0.15, 0.2) is 0 Å². The minimum absolute atomic E-state index is 0.00873. The van der Waals surface area contributed by atoms with Crippen molar-refractivity contribution in [2.45, 2.75) is 32.7 Å². The third-order valence-electron chi connectivity index (χ3n) is 2.48. The highest BCUT2D eigenvalue weighted by molar-refractivity contribution is 5.74. The molecular formula is C12H13F5N2O3. The number of nitrogens with two attached hydrogens (primary N) is 1. The molecule has 0 unspecified atom stereocenters. The Morgan fingerprint density at radius 2 is 2.05 bits per heavy atom. The Balaban J connectivity index is 3.32. The maximum Gasteiger partial charge on any atom is 0.574 e. The van der Waals surface area contributed by atoms with E-state index in [9.17, 15) is 26.7 Å². The van der Waals surface area contributed by atoms with Crippen LogP contribution in [0.2, 0.25) is 0 Å². The molecule has 0 atom stereocenters. The van der Waals surface area contributed by atoms with E-state index in [0.29, 0.717) is 0 Å². The summed E-state index contributed by atoms with van der Waals surface area (Å²) in [6.45, 7) is 1.15. The van der Waals surface area contributed by atoms with Crippen LogP contribution in [0.25, 0.3) is 0 Å². The molecule has 1 heterocycles. The van der Waals surface area contributed by atoms with Crippen LogP contribution in [-0.4, -0.2) is 23.9 Å². The first-order valence-corrected chi connectivity index (χ1v) is 6.10. The van der Waals surface area contributed by atoms with Crippen LogP contribution in [0.5, 0.6) is 5.88 Å². The number of carbonyl (C=O) groups excluding carboxylic acids is 1. The Labute approximate surface area is 122 Å². The predicted molar refractivity (Wildman–Crippen MR) is 64.1 cm³/mol. The third kappa shape index (κ3) is 5.10. The Morgan fingerprint density at radius 1 is 1.41 bits per heavy atom. The molecular weight excluding hydrogens is 315 g/mol. The molecule has 0 fully saturated rings. The molecule has 0 saturated heterocycles. The van der Waals surface area contributed by atoms with Crippen molar-refractivity contribution in [1.29, 1.82) is 0 Å². The summed E-state index contributed by atoms with van der Waals surface area (Å²) in [5.41, 5.74) is 3.99. The van der Waals surface area contributed by atoms with Gasteiger partial charge in [0.25, 0.3) is 6.43 Å². The summed E-state index contributed by atoms with van der Waals surface area (Å²) in [5.74, 6) is -1.98. The van der Waals surface area contributed by atoms with E-state index in [1.807, 2.05) is 0 Å². The van der Waals surface area contributed by atoms with Crippen molar-refractivity contribution < 1.29 is 36.2 Å². The molecule has 0 spiro atoms. The van der Waals surface area contributed by atoms with Crippen molar-refractivity contribution in [2.75, 3.05) is 6.61 Å². The van der Waals surface area contributed by atoms with Crippen LogP contribution >= 0.6 is 0 Å². The number of carbonyl (C=O) groups is 1. The van der Waals surface area contributed by atoms with Crippen LogP contribution in [0, 0.1) is 0 Å². The molecule has 0 aliphatic heterocycles. The average molecular weight is 328 g/mol. The molecule has 1 aromatic rings. The molecule has 22 heavy (non-hydrogen) atoms. The van der Waals surface area contributed by atoms with E-state index in [-0.39, 0.29) is 24.3 Å². The van der Waals surface area contributed by atoms with Crippen LogP contribution < -0.4 is 10.5 Å². The van der Waals surface area contributed by atoms with Crippen LogP contribution in [0.1, 0.15) is 30.2 Å². The van der Waals surface area contributed by atoms with Crippen molar-refractivity contribution in [3.63, 3.8) is 0 Å². The zero-order valence-corrected chi connectivity index (χ0v) is 11.4. The summed E-state index contributed by atoms with van der Waals surface area (Å²) in [6.07, 6.45) is -8.89. The van der Waals surface area contributed by atoms with Gasteiger partial charge in [0.1, 0.15) is 5.69 Å². The lowest BCUT2D eigenvalue weighted by atomic mass is 10.1. The van der Waals surface area contributed by atoms with Crippen LogP contribution in [-0.2, 0) is 22.5 Å². The fourth-order valence-electron chi connectivity index (χ4n) is 1.65. The van der Waals surface area contributed by atoms with Crippen LogP contribution in [0.4, 0.5) is 22.0 Å². The van der Waals surface area contributed by atoms with E-state index in [4.69, 9.17) is 5.73 Å². The number of alkyl halides is 5. The molecule has 0 aliphatic rings. The van der Waals surface area contributed by atoms with Crippen molar-refractivity contribution in [3.05, 3.63) is 22.9 Å². The van der Waals surface area contributed by atoms with Crippen LogP contribution in [0.3, 0.4) is 0 Å². The molecule has 0 bridgehead atoms. The molecule has 0 amide bonds. The normalized spacial score (nSPS) is 11.6. The average Bonchev–Trinajstić information content (AvgIpc) is 2.38. The molecule has 2 N–H and O–H groups in total. The summed E-state index contributed by atoms with van der Waals surface area (Å²) in [7, 11) is 0. The Bertz CT molecular complexity index is 534. The zero-order chi connectivity index (χ0) is 16.9. The molecule has 0 aromatic carbocycles. The van der Waals surface area contributed by atoms with Gasteiger partial charge in [0, 0.05) is 12.1 Å². The summed E-state index contributed by atoms with van der Waals surface area (Å²) in [4.78, 5) is 14.6. The lowest BCUT2D eigenvalue weighted by Gasteiger charge is -2.16. The van der Waals surface area contributed by atoms with Gasteiger partial charge < -0.3 is 15.2 Å². The predicted octanol–water partition coefficient (Wildman–Crippen LogP) is 2.48. The molecule has 10 heteroatoms. The third-order valence-corrected chi connectivity index (χ3v) is 2.48. The molecule has 0 saturated carbocycles. The quantitative estimate of drug-likeness (QED) is 0.641. The summed E-state index contributed by atoms with van der Waals surface area (Å²) >= 11 is 0. The number of pyridine rings is 1. The standard InChI is InChI=1S/C12H13F5N2O3/c1-2-21-9(20)4-7-6(5-18)3-8(10(13)14)19-11(7)22-12(15,16)17/h3,10H,2,4-5,18H2,1H3. The van der Waals surface area contributed by atoms with E-state index in [2.05, 4.69) is 14.5 Å². The second-order valence-corrected chi connectivity index (χ2v) is 4.02. The van der Waals surface area contributed by atoms with Crippen molar-refractivity contribution in [1.82, 2.24) is 4.98 Å². The van der Waals surface area contributed by atoms with Gasteiger partial charge in [-0.3, -0.25) is 4.79 Å². The fourth-order valence-corrected chi connectivity index (χ4v) is 1.65. The first kappa shape index (κ1) is 18.1. The van der Waals surface area contributed by atoms with Crippen molar-refractivity contribution in [3.8, 4) is 5.88 Å². The Kier molecular flexibility index (Phi) is 6.03. The topological polar surface area (TPSA) is 74.4 Å². The lowest BCUT2D eigenvalue weighted by Crippen LogP contribution is -2.22. The van der Waals surface area contributed by atoms with Gasteiger partial charge in [0.05, 0.1) is 13.0 Å². The second-order valence-electron chi connectivity index (χ2n) is 4.02. The second kappa shape index (κ2) is 7.34. The largest absolute Gasteiger partial charge is 0.574 e. The number of rotatable bonds is 6. The highest BCUT2D eigenvalue weighted by Gasteiger charge is 2.34. The van der Waals surface area contributed by atoms with Crippen LogP contribution in [0.15, 0.2) is 6.07 Å². The van der Waals surface area contributed by atoms with Gasteiger partial charge in [-0.05, 0) is 18.6 Å². The van der Waals surface area contributed by atoms with E-state index in [0.717, 1.165) is 6.07 Å². The lowest BCUT2D eigenvalue weighted by molar-refractivity contribution is -0.276. The number of halogens is 5. The highest BCUT2D eigenvalue weighted by atomic mass is 19.4.